The first kappa shape index (κ1) is 14.2. The number of carbonyl (C=O) groups excluding carboxylic acids is 1. The summed E-state index contributed by atoms with van der Waals surface area (Å²) < 4.78 is 0. The molecule has 0 radical (unpaired) electrons. The first-order valence-electron chi connectivity index (χ1n) is 5.92. The normalized spacial score (nSPS) is 11.9. The minimum absolute atomic E-state index is 0.120. The van der Waals surface area contributed by atoms with Crippen molar-refractivity contribution in [2.75, 3.05) is 11.4 Å². The molecule has 1 rings (SSSR count). The topological polar surface area (TPSA) is 70.5 Å². The molecule has 18 heavy (non-hydrogen) atoms. The van der Waals surface area contributed by atoms with E-state index in [2.05, 4.69) is 4.98 Å². The highest BCUT2D eigenvalue weighted by Crippen LogP contribution is 2.18. The van der Waals surface area contributed by atoms with Gasteiger partial charge in [-0.1, -0.05) is 19.9 Å². The van der Waals surface area contributed by atoms with Crippen molar-refractivity contribution >= 4 is 17.7 Å². The van der Waals surface area contributed by atoms with E-state index in [0.717, 1.165) is 5.56 Å². The molecule has 0 saturated carbocycles. The highest BCUT2D eigenvalue weighted by Gasteiger charge is 2.22. The van der Waals surface area contributed by atoms with Crippen LogP contribution in [0.2, 0.25) is 0 Å². The van der Waals surface area contributed by atoms with Crippen LogP contribution in [-0.2, 0) is 9.59 Å². The predicted octanol–water partition coefficient (Wildman–Crippen LogP) is 1.85. The zero-order valence-corrected chi connectivity index (χ0v) is 10.9. The number of carboxylic acids is 1. The summed E-state index contributed by atoms with van der Waals surface area (Å²) in [5.74, 6) is -1.12. The molecule has 0 spiro atoms. The summed E-state index contributed by atoms with van der Waals surface area (Å²) in [7, 11) is 0. The molecule has 0 bridgehead atoms. The van der Waals surface area contributed by atoms with Gasteiger partial charge in [-0.15, -0.1) is 0 Å². The highest BCUT2D eigenvalue weighted by molar-refractivity contribution is 5.93. The van der Waals surface area contributed by atoms with Gasteiger partial charge < -0.3 is 5.11 Å². The van der Waals surface area contributed by atoms with E-state index in [4.69, 9.17) is 5.11 Å². The van der Waals surface area contributed by atoms with Crippen molar-refractivity contribution in [2.24, 2.45) is 5.92 Å². The summed E-state index contributed by atoms with van der Waals surface area (Å²) in [6.45, 7) is 5.32. The minimum atomic E-state index is -0.919. The van der Waals surface area contributed by atoms with E-state index in [0.29, 0.717) is 12.2 Å². The fourth-order valence-corrected chi connectivity index (χ4v) is 1.61. The maximum atomic E-state index is 11.9. The summed E-state index contributed by atoms with van der Waals surface area (Å²) in [6, 6.07) is 3.64. The number of anilines is 1. The largest absolute Gasteiger partial charge is 0.481 e. The third kappa shape index (κ3) is 3.29. The van der Waals surface area contributed by atoms with E-state index in [-0.39, 0.29) is 12.5 Å². The van der Waals surface area contributed by atoms with Crippen molar-refractivity contribution in [3.63, 3.8) is 0 Å². The first-order chi connectivity index (χ1) is 8.47. The van der Waals surface area contributed by atoms with Crippen molar-refractivity contribution in [1.29, 1.82) is 0 Å². The Bertz CT molecular complexity index is 446. The third-order valence-electron chi connectivity index (χ3n) is 2.72. The van der Waals surface area contributed by atoms with Gasteiger partial charge in [0.1, 0.15) is 5.82 Å². The summed E-state index contributed by atoms with van der Waals surface area (Å²) >= 11 is 0. The Morgan fingerprint density at radius 1 is 1.50 bits per heavy atom. The number of amides is 1. The van der Waals surface area contributed by atoms with Crippen LogP contribution in [0.1, 0.15) is 25.8 Å². The molecule has 1 unspecified atom stereocenters. The number of carboxylic acid groups (broad SMARTS) is 1. The van der Waals surface area contributed by atoms with Crippen molar-refractivity contribution < 1.29 is 14.7 Å². The zero-order valence-electron chi connectivity index (χ0n) is 10.9. The lowest BCUT2D eigenvalue weighted by atomic mass is 10.1. The Morgan fingerprint density at radius 2 is 2.17 bits per heavy atom. The summed E-state index contributed by atoms with van der Waals surface area (Å²) in [4.78, 5) is 28.4. The van der Waals surface area contributed by atoms with Gasteiger partial charge in [0.15, 0.2) is 0 Å². The molecular formula is C13H18N2O3. The van der Waals surface area contributed by atoms with Crippen LogP contribution in [0.25, 0.3) is 0 Å². The average Bonchev–Trinajstić information content (AvgIpc) is 2.35. The van der Waals surface area contributed by atoms with Crippen LogP contribution in [0.4, 0.5) is 5.82 Å². The Morgan fingerprint density at radius 3 is 2.67 bits per heavy atom. The van der Waals surface area contributed by atoms with Crippen molar-refractivity contribution in [3.05, 3.63) is 23.9 Å². The maximum absolute atomic E-state index is 11.9. The van der Waals surface area contributed by atoms with Gasteiger partial charge >= 0.3 is 5.97 Å². The van der Waals surface area contributed by atoms with Gasteiger partial charge in [-0.2, -0.15) is 0 Å². The van der Waals surface area contributed by atoms with Crippen LogP contribution in [-0.4, -0.2) is 28.5 Å². The van der Waals surface area contributed by atoms with Gasteiger partial charge in [-0.3, -0.25) is 14.5 Å². The first-order valence-corrected chi connectivity index (χ1v) is 5.92. The van der Waals surface area contributed by atoms with Gasteiger partial charge in [0.2, 0.25) is 5.91 Å². The van der Waals surface area contributed by atoms with Gasteiger partial charge in [0.25, 0.3) is 0 Å². The summed E-state index contributed by atoms with van der Waals surface area (Å²) in [5, 5.41) is 8.94. The second-order valence-corrected chi connectivity index (χ2v) is 4.24. The SMILES string of the molecule is CCC(=O)N(CC(C)C(=O)O)c1ncccc1C. The number of hydrogen-bond acceptors (Lipinski definition) is 3. The van der Waals surface area contributed by atoms with Crippen LogP contribution >= 0.6 is 0 Å². The Hall–Kier alpha value is -1.91. The van der Waals surface area contributed by atoms with Crippen LogP contribution in [0.5, 0.6) is 0 Å². The number of rotatable bonds is 5. The second kappa shape index (κ2) is 6.14. The molecule has 0 aliphatic rings. The lowest BCUT2D eigenvalue weighted by Crippen LogP contribution is -2.37. The minimum Gasteiger partial charge on any atom is -0.481 e. The van der Waals surface area contributed by atoms with Crippen LogP contribution in [0.15, 0.2) is 18.3 Å². The molecule has 98 valence electrons. The second-order valence-electron chi connectivity index (χ2n) is 4.24. The van der Waals surface area contributed by atoms with Gasteiger partial charge in [0, 0.05) is 19.2 Å². The molecule has 0 fully saturated rings. The fraction of sp³-hybridized carbons (Fsp3) is 0.462. The van der Waals surface area contributed by atoms with Crippen molar-refractivity contribution in [2.45, 2.75) is 27.2 Å². The van der Waals surface area contributed by atoms with Crippen LogP contribution in [0, 0.1) is 12.8 Å². The number of pyridine rings is 1. The monoisotopic (exact) mass is 250 g/mol. The van der Waals surface area contributed by atoms with Gasteiger partial charge in [0.05, 0.1) is 5.92 Å². The molecule has 1 aromatic heterocycles. The maximum Gasteiger partial charge on any atom is 0.308 e. The zero-order chi connectivity index (χ0) is 13.7. The van der Waals surface area contributed by atoms with E-state index < -0.39 is 11.9 Å². The highest BCUT2D eigenvalue weighted by atomic mass is 16.4. The molecule has 1 N–H and O–H groups in total. The lowest BCUT2D eigenvalue weighted by Gasteiger charge is -2.24. The fourth-order valence-electron chi connectivity index (χ4n) is 1.61. The molecule has 0 aliphatic heterocycles. The lowest BCUT2D eigenvalue weighted by molar-refractivity contribution is -0.140. The molecule has 0 saturated heterocycles. The van der Waals surface area contributed by atoms with E-state index >= 15 is 0 Å². The number of aromatic nitrogens is 1. The van der Waals surface area contributed by atoms with E-state index in [1.54, 1.807) is 26.1 Å². The van der Waals surface area contributed by atoms with Crippen LogP contribution < -0.4 is 4.90 Å². The van der Waals surface area contributed by atoms with Crippen molar-refractivity contribution in [1.82, 2.24) is 4.98 Å². The van der Waals surface area contributed by atoms with Gasteiger partial charge in [-0.25, -0.2) is 4.98 Å². The molecule has 1 amide bonds. The number of nitrogens with zero attached hydrogens (tertiary/aromatic N) is 2. The predicted molar refractivity (Wildman–Crippen MR) is 68.4 cm³/mol. The quantitative estimate of drug-likeness (QED) is 0.865. The molecule has 0 aromatic carbocycles. The van der Waals surface area contributed by atoms with Crippen molar-refractivity contribution in [3.8, 4) is 0 Å². The molecule has 5 heteroatoms. The average molecular weight is 250 g/mol. The standard InChI is InChI=1S/C13H18N2O3/c1-4-11(16)15(8-10(3)13(17)18)12-9(2)6-5-7-14-12/h5-7,10H,4,8H2,1-3H3,(H,17,18). The number of carbonyl (C=O) groups is 2. The Balaban J connectivity index is 3.03. The summed E-state index contributed by atoms with van der Waals surface area (Å²) in [5.41, 5.74) is 0.858. The number of aryl methyl sites for hydroxylation is 1. The summed E-state index contributed by atoms with van der Waals surface area (Å²) in [6.07, 6.45) is 1.92. The van der Waals surface area contributed by atoms with Gasteiger partial charge in [-0.05, 0) is 18.6 Å². The Kier molecular flexibility index (Phi) is 4.83. The molecule has 0 aliphatic carbocycles. The van der Waals surface area contributed by atoms with E-state index in [9.17, 15) is 9.59 Å². The molecular weight excluding hydrogens is 232 g/mol. The molecule has 5 nitrogen and oxygen atoms in total. The molecule has 1 heterocycles. The molecule has 1 aromatic rings. The smallest absolute Gasteiger partial charge is 0.308 e. The van der Waals surface area contributed by atoms with E-state index in [1.165, 1.54) is 4.90 Å². The van der Waals surface area contributed by atoms with E-state index in [1.807, 2.05) is 13.0 Å². The number of aliphatic carboxylic acids is 1. The third-order valence-corrected chi connectivity index (χ3v) is 2.72. The van der Waals surface area contributed by atoms with Crippen LogP contribution in [0.3, 0.4) is 0 Å². The molecule has 1 atom stereocenters. The number of hydrogen-bond donors (Lipinski definition) is 1. The Labute approximate surface area is 106 Å².